The summed E-state index contributed by atoms with van der Waals surface area (Å²) in [5.41, 5.74) is 0. The molecule has 0 amide bonds. The molecule has 2 atom stereocenters. The van der Waals surface area contributed by atoms with Crippen molar-refractivity contribution in [3.05, 3.63) is 12.8 Å². The van der Waals surface area contributed by atoms with E-state index < -0.39 is 0 Å². The number of rotatable bonds is 6. The number of hydrogen-bond donors (Lipinski definition) is 0. The summed E-state index contributed by atoms with van der Waals surface area (Å²) in [4.78, 5) is 0.476. The van der Waals surface area contributed by atoms with Crippen molar-refractivity contribution in [3.8, 4) is 0 Å². The van der Waals surface area contributed by atoms with Crippen molar-refractivity contribution in [3.63, 3.8) is 0 Å². The van der Waals surface area contributed by atoms with Crippen molar-refractivity contribution in [1.82, 2.24) is 0 Å². The molecule has 2 heteroatoms. The van der Waals surface area contributed by atoms with Crippen LogP contribution in [-0.2, 0) is 4.74 Å². The number of ether oxygens (including phenoxy) is 1. The second kappa shape index (κ2) is 7.21. The van der Waals surface area contributed by atoms with Crippen LogP contribution >= 0.6 is 0 Å². The quantitative estimate of drug-likeness (QED) is 0.366. The molecular formula is C8H17AsO. The van der Waals surface area contributed by atoms with Crippen molar-refractivity contribution >= 4 is 15.8 Å². The summed E-state index contributed by atoms with van der Waals surface area (Å²) in [7, 11) is 0. The molecule has 1 nitrogen and oxygen atoms in total. The average molecular weight is 204 g/mol. The molecule has 0 bridgehead atoms. The molecule has 0 aliphatic heterocycles. The predicted molar refractivity (Wildman–Crippen MR) is 47.6 cm³/mol. The molecule has 0 aromatic carbocycles. The maximum absolute atomic E-state index is 5.21. The van der Waals surface area contributed by atoms with Gasteiger partial charge in [0.15, 0.2) is 0 Å². The Morgan fingerprint density at radius 2 is 2.40 bits per heavy atom. The van der Waals surface area contributed by atoms with E-state index in [1.54, 1.807) is 6.26 Å². The third-order valence-electron chi connectivity index (χ3n) is 1.26. The normalized spacial score (nSPS) is 13.8. The first kappa shape index (κ1) is 10.1. The van der Waals surface area contributed by atoms with Gasteiger partial charge in [-0.15, -0.1) is 0 Å². The molecule has 10 heavy (non-hydrogen) atoms. The van der Waals surface area contributed by atoms with E-state index >= 15 is 0 Å². The Labute approximate surface area is 70.5 Å². The molecule has 0 fully saturated rings. The van der Waals surface area contributed by atoms with Crippen LogP contribution < -0.4 is 0 Å². The third-order valence-corrected chi connectivity index (χ3v) is 4.10. The van der Waals surface area contributed by atoms with E-state index in [-0.39, 0.29) is 15.8 Å². The van der Waals surface area contributed by atoms with Gasteiger partial charge in [0.1, 0.15) is 0 Å². The van der Waals surface area contributed by atoms with Gasteiger partial charge in [-0.3, -0.25) is 0 Å². The summed E-state index contributed by atoms with van der Waals surface area (Å²) in [6.45, 7) is 7.89. The summed E-state index contributed by atoms with van der Waals surface area (Å²) in [6.07, 6.45) is 4.23. The van der Waals surface area contributed by atoms with Gasteiger partial charge in [0, 0.05) is 0 Å². The second-order valence-electron chi connectivity index (χ2n) is 2.25. The SMILES string of the molecule is C=COC(C)[AsH]CCCC. The summed E-state index contributed by atoms with van der Waals surface area (Å²) in [5, 5.41) is 1.39. The Hall–Kier alpha value is 0.0984. The Bertz CT molecular complexity index is 83.3. The van der Waals surface area contributed by atoms with Gasteiger partial charge >= 0.3 is 70.1 Å². The first-order valence-electron chi connectivity index (χ1n) is 3.81. The van der Waals surface area contributed by atoms with E-state index in [9.17, 15) is 0 Å². The summed E-state index contributed by atoms with van der Waals surface area (Å²) in [6, 6.07) is 0. The van der Waals surface area contributed by atoms with Crippen LogP contribution in [0.5, 0.6) is 0 Å². The fraction of sp³-hybridized carbons (Fsp3) is 0.750. The van der Waals surface area contributed by atoms with Crippen LogP contribution in [-0.4, -0.2) is 20.6 Å². The molecule has 0 saturated heterocycles. The van der Waals surface area contributed by atoms with Crippen LogP contribution in [0, 0.1) is 0 Å². The fourth-order valence-corrected chi connectivity index (χ4v) is 3.10. The van der Waals surface area contributed by atoms with Gasteiger partial charge in [0.05, 0.1) is 0 Å². The second-order valence-corrected chi connectivity index (χ2v) is 5.86. The molecule has 0 aromatic rings. The van der Waals surface area contributed by atoms with Crippen molar-refractivity contribution < 1.29 is 4.74 Å². The van der Waals surface area contributed by atoms with Gasteiger partial charge in [-0.1, -0.05) is 0 Å². The van der Waals surface area contributed by atoms with E-state index in [0.717, 1.165) is 0 Å². The Balaban J connectivity index is 3.04. The molecule has 0 aliphatic rings. The van der Waals surface area contributed by atoms with E-state index in [2.05, 4.69) is 20.4 Å². The van der Waals surface area contributed by atoms with Crippen LogP contribution in [0.3, 0.4) is 0 Å². The molecule has 0 aromatic heterocycles. The van der Waals surface area contributed by atoms with Gasteiger partial charge < -0.3 is 0 Å². The maximum atomic E-state index is 5.21. The summed E-state index contributed by atoms with van der Waals surface area (Å²) in [5.74, 6) is 0. The van der Waals surface area contributed by atoms with E-state index in [0.29, 0.717) is 4.89 Å². The minimum absolute atomic E-state index is 0.133. The van der Waals surface area contributed by atoms with E-state index in [1.165, 1.54) is 18.1 Å². The number of unbranched alkanes of at least 4 members (excludes halogenated alkanes) is 1. The molecule has 0 heterocycles. The van der Waals surface area contributed by atoms with Crippen molar-refractivity contribution in [2.45, 2.75) is 36.8 Å². The van der Waals surface area contributed by atoms with Crippen LogP contribution in [0.25, 0.3) is 0 Å². The zero-order chi connectivity index (χ0) is 7.82. The molecule has 2 unspecified atom stereocenters. The first-order chi connectivity index (χ1) is 4.81. The molecule has 0 aliphatic carbocycles. The van der Waals surface area contributed by atoms with Gasteiger partial charge in [0.2, 0.25) is 0 Å². The monoisotopic (exact) mass is 204 g/mol. The molecular weight excluding hydrogens is 187 g/mol. The standard InChI is InChI=1S/C8H17AsO/c1-4-6-7-9-8(3)10-5-2/h5,8-9H,2,4,6-7H2,1,3H3. The van der Waals surface area contributed by atoms with Gasteiger partial charge in [-0.2, -0.15) is 0 Å². The summed E-state index contributed by atoms with van der Waals surface area (Å²) < 4.78 is 5.21. The number of hydrogen-bond acceptors (Lipinski definition) is 1. The van der Waals surface area contributed by atoms with Gasteiger partial charge in [-0.05, 0) is 0 Å². The van der Waals surface area contributed by atoms with Gasteiger partial charge in [0.25, 0.3) is 0 Å². The van der Waals surface area contributed by atoms with Crippen molar-refractivity contribution in [1.29, 1.82) is 0 Å². The third kappa shape index (κ3) is 6.22. The van der Waals surface area contributed by atoms with Crippen molar-refractivity contribution in [2.24, 2.45) is 0 Å². The van der Waals surface area contributed by atoms with Gasteiger partial charge in [-0.25, -0.2) is 0 Å². The Morgan fingerprint density at radius 3 is 2.90 bits per heavy atom. The molecule has 0 spiro atoms. The van der Waals surface area contributed by atoms with Crippen LogP contribution in [0.4, 0.5) is 0 Å². The zero-order valence-corrected chi connectivity index (χ0v) is 8.99. The topological polar surface area (TPSA) is 9.23 Å². The molecule has 0 radical (unpaired) electrons. The fourth-order valence-electron chi connectivity index (χ4n) is 0.675. The first-order valence-corrected chi connectivity index (χ1v) is 6.50. The summed E-state index contributed by atoms with van der Waals surface area (Å²) >= 11 is 0.133. The molecule has 0 rings (SSSR count). The van der Waals surface area contributed by atoms with Crippen LogP contribution in [0.2, 0.25) is 5.21 Å². The Kier molecular flexibility index (Phi) is 7.28. The minimum atomic E-state index is 0.133. The van der Waals surface area contributed by atoms with E-state index in [4.69, 9.17) is 4.74 Å². The molecule has 0 N–H and O–H groups in total. The average Bonchev–Trinajstić information content (AvgIpc) is 1.89. The van der Waals surface area contributed by atoms with E-state index in [1.807, 2.05) is 0 Å². The molecule has 60 valence electrons. The Morgan fingerprint density at radius 1 is 1.70 bits per heavy atom. The molecule has 0 saturated carbocycles. The van der Waals surface area contributed by atoms with Crippen LogP contribution in [0.1, 0.15) is 26.7 Å². The van der Waals surface area contributed by atoms with Crippen LogP contribution in [0.15, 0.2) is 12.8 Å². The zero-order valence-electron chi connectivity index (χ0n) is 6.89. The predicted octanol–water partition coefficient (Wildman–Crippen LogP) is 2.15. The van der Waals surface area contributed by atoms with Crippen molar-refractivity contribution in [2.75, 3.05) is 0 Å².